The first-order valence-electron chi connectivity index (χ1n) is 8.03. The summed E-state index contributed by atoms with van der Waals surface area (Å²) in [5.74, 6) is 0.236. The molecule has 0 fully saturated rings. The predicted molar refractivity (Wildman–Crippen MR) is 98.1 cm³/mol. The molecule has 0 aliphatic carbocycles. The number of rotatable bonds is 6. The number of methoxy groups -OCH3 is 1. The maximum absolute atomic E-state index is 13.0. The Morgan fingerprint density at radius 1 is 1.04 bits per heavy atom. The Bertz CT molecular complexity index is 880. The zero-order chi connectivity index (χ0) is 18.4. The second kappa shape index (κ2) is 8.11. The van der Waals surface area contributed by atoms with Crippen LogP contribution >= 0.6 is 0 Å². The standard InChI is InChI=1S/C20H18FN3O2/c1-26-19-8-2-14(3-9-19)11-23-20(25)15-10-18(13-22-12-15)24-17-6-4-16(21)5-7-17/h2-10,12-13,24H,11H2,1H3,(H,23,25). The van der Waals surface area contributed by atoms with Crippen LogP contribution in [0.2, 0.25) is 0 Å². The van der Waals surface area contributed by atoms with E-state index in [-0.39, 0.29) is 11.7 Å². The summed E-state index contributed by atoms with van der Waals surface area (Å²) in [6, 6.07) is 15.1. The maximum Gasteiger partial charge on any atom is 0.253 e. The van der Waals surface area contributed by atoms with Gasteiger partial charge in [0, 0.05) is 18.4 Å². The molecular weight excluding hydrogens is 333 g/mol. The number of halogens is 1. The number of hydrogen-bond acceptors (Lipinski definition) is 4. The minimum atomic E-state index is -0.305. The molecule has 0 aliphatic rings. The van der Waals surface area contributed by atoms with E-state index in [1.807, 2.05) is 24.3 Å². The molecular formula is C20H18FN3O2. The molecule has 3 rings (SSSR count). The average molecular weight is 351 g/mol. The number of pyridine rings is 1. The smallest absolute Gasteiger partial charge is 0.253 e. The van der Waals surface area contributed by atoms with Crippen LogP contribution in [0.4, 0.5) is 15.8 Å². The highest BCUT2D eigenvalue weighted by Crippen LogP contribution is 2.17. The number of carbonyl (C=O) groups excluding carboxylic acids is 1. The second-order valence-corrected chi connectivity index (χ2v) is 5.62. The number of nitrogens with one attached hydrogen (secondary N) is 2. The third-order valence-electron chi connectivity index (χ3n) is 3.75. The lowest BCUT2D eigenvalue weighted by Gasteiger charge is -2.09. The number of aromatic nitrogens is 1. The van der Waals surface area contributed by atoms with Gasteiger partial charge in [-0.1, -0.05) is 12.1 Å². The molecule has 0 saturated carbocycles. The molecule has 0 saturated heterocycles. The van der Waals surface area contributed by atoms with Crippen LogP contribution in [0.1, 0.15) is 15.9 Å². The van der Waals surface area contributed by atoms with E-state index in [9.17, 15) is 9.18 Å². The highest BCUT2D eigenvalue weighted by atomic mass is 19.1. The van der Waals surface area contributed by atoms with Gasteiger partial charge in [-0.2, -0.15) is 0 Å². The Hall–Kier alpha value is -3.41. The topological polar surface area (TPSA) is 63.2 Å². The third-order valence-corrected chi connectivity index (χ3v) is 3.75. The van der Waals surface area contributed by atoms with Gasteiger partial charge in [0.05, 0.1) is 24.6 Å². The second-order valence-electron chi connectivity index (χ2n) is 5.62. The number of anilines is 2. The summed E-state index contributed by atoms with van der Waals surface area (Å²) >= 11 is 0. The van der Waals surface area contributed by atoms with E-state index >= 15 is 0 Å². The van der Waals surface area contributed by atoms with Crippen molar-refractivity contribution in [2.75, 3.05) is 12.4 Å². The summed E-state index contributed by atoms with van der Waals surface area (Å²) in [7, 11) is 1.61. The molecule has 0 radical (unpaired) electrons. The van der Waals surface area contributed by atoms with Gasteiger partial charge < -0.3 is 15.4 Å². The van der Waals surface area contributed by atoms with Crippen molar-refractivity contribution in [3.63, 3.8) is 0 Å². The van der Waals surface area contributed by atoms with Crippen LogP contribution in [0.5, 0.6) is 5.75 Å². The Kier molecular flexibility index (Phi) is 5.43. The summed E-state index contributed by atoms with van der Waals surface area (Å²) < 4.78 is 18.1. The Morgan fingerprint density at radius 2 is 1.77 bits per heavy atom. The van der Waals surface area contributed by atoms with Gasteiger partial charge in [0.25, 0.3) is 5.91 Å². The summed E-state index contributed by atoms with van der Waals surface area (Å²) in [5.41, 5.74) is 2.76. The largest absolute Gasteiger partial charge is 0.497 e. The van der Waals surface area contributed by atoms with Crippen LogP contribution in [-0.4, -0.2) is 18.0 Å². The fourth-order valence-electron chi connectivity index (χ4n) is 2.36. The van der Waals surface area contributed by atoms with Crippen molar-refractivity contribution in [1.82, 2.24) is 10.3 Å². The lowest BCUT2D eigenvalue weighted by molar-refractivity contribution is 0.0950. The summed E-state index contributed by atoms with van der Waals surface area (Å²) in [5, 5.41) is 5.94. The SMILES string of the molecule is COc1ccc(CNC(=O)c2cncc(Nc3ccc(F)cc3)c2)cc1. The number of benzene rings is 2. The quantitative estimate of drug-likeness (QED) is 0.707. The van der Waals surface area contributed by atoms with E-state index in [0.717, 1.165) is 11.3 Å². The third kappa shape index (κ3) is 4.57. The Morgan fingerprint density at radius 3 is 2.46 bits per heavy atom. The molecule has 2 N–H and O–H groups in total. The van der Waals surface area contributed by atoms with Crippen LogP contribution in [0.15, 0.2) is 67.0 Å². The van der Waals surface area contributed by atoms with Crippen molar-refractivity contribution >= 4 is 17.3 Å². The van der Waals surface area contributed by atoms with Crippen LogP contribution in [0, 0.1) is 5.82 Å². The first-order chi connectivity index (χ1) is 12.6. The number of nitrogens with zero attached hydrogens (tertiary/aromatic N) is 1. The molecule has 132 valence electrons. The summed E-state index contributed by atoms with van der Waals surface area (Å²) in [4.78, 5) is 16.4. The molecule has 26 heavy (non-hydrogen) atoms. The van der Waals surface area contributed by atoms with E-state index in [1.54, 1.807) is 31.5 Å². The number of carbonyl (C=O) groups is 1. The average Bonchev–Trinajstić information content (AvgIpc) is 2.68. The predicted octanol–water partition coefficient (Wildman–Crippen LogP) is 3.90. The van der Waals surface area contributed by atoms with Gasteiger partial charge in [0.2, 0.25) is 0 Å². The zero-order valence-electron chi connectivity index (χ0n) is 14.2. The van der Waals surface area contributed by atoms with Gasteiger partial charge in [0.1, 0.15) is 11.6 Å². The van der Waals surface area contributed by atoms with Crippen LogP contribution in [0.25, 0.3) is 0 Å². The summed E-state index contributed by atoms with van der Waals surface area (Å²) in [6.07, 6.45) is 3.10. The molecule has 6 heteroatoms. The fourth-order valence-corrected chi connectivity index (χ4v) is 2.36. The molecule has 0 aliphatic heterocycles. The number of amides is 1. The van der Waals surface area contributed by atoms with Gasteiger partial charge in [-0.3, -0.25) is 9.78 Å². The van der Waals surface area contributed by atoms with Gasteiger partial charge in [0.15, 0.2) is 0 Å². The van der Waals surface area contributed by atoms with Gasteiger partial charge in [-0.25, -0.2) is 4.39 Å². The first kappa shape index (κ1) is 17.4. The van der Waals surface area contributed by atoms with Crippen molar-refractivity contribution in [2.45, 2.75) is 6.54 Å². The number of ether oxygens (including phenoxy) is 1. The number of hydrogen-bond donors (Lipinski definition) is 2. The van der Waals surface area contributed by atoms with Crippen molar-refractivity contribution in [2.24, 2.45) is 0 Å². The maximum atomic E-state index is 13.0. The first-order valence-corrected chi connectivity index (χ1v) is 8.03. The highest BCUT2D eigenvalue weighted by molar-refractivity contribution is 5.94. The van der Waals surface area contributed by atoms with E-state index in [0.29, 0.717) is 23.5 Å². The summed E-state index contributed by atoms with van der Waals surface area (Å²) in [6.45, 7) is 0.401. The highest BCUT2D eigenvalue weighted by Gasteiger charge is 2.07. The normalized spacial score (nSPS) is 10.2. The monoisotopic (exact) mass is 351 g/mol. The van der Waals surface area contributed by atoms with Gasteiger partial charge in [-0.05, 0) is 48.0 Å². The Labute approximate surface area is 150 Å². The van der Waals surface area contributed by atoms with Crippen molar-refractivity contribution < 1.29 is 13.9 Å². The Balaban J connectivity index is 1.62. The molecule has 5 nitrogen and oxygen atoms in total. The van der Waals surface area contributed by atoms with Crippen LogP contribution in [0.3, 0.4) is 0 Å². The molecule has 1 heterocycles. The van der Waals surface area contributed by atoms with E-state index < -0.39 is 0 Å². The van der Waals surface area contributed by atoms with Crippen LogP contribution < -0.4 is 15.4 Å². The van der Waals surface area contributed by atoms with E-state index in [1.165, 1.54) is 18.3 Å². The molecule has 0 atom stereocenters. The molecule has 0 spiro atoms. The lowest BCUT2D eigenvalue weighted by Crippen LogP contribution is -2.23. The van der Waals surface area contributed by atoms with Gasteiger partial charge >= 0.3 is 0 Å². The molecule has 0 unspecified atom stereocenters. The van der Waals surface area contributed by atoms with Gasteiger partial charge in [-0.15, -0.1) is 0 Å². The molecule has 3 aromatic rings. The molecule has 2 aromatic carbocycles. The van der Waals surface area contributed by atoms with Crippen molar-refractivity contribution in [3.05, 3.63) is 83.9 Å². The molecule has 1 amide bonds. The molecule has 1 aromatic heterocycles. The minimum Gasteiger partial charge on any atom is -0.497 e. The zero-order valence-corrected chi connectivity index (χ0v) is 14.2. The van der Waals surface area contributed by atoms with Crippen molar-refractivity contribution in [1.29, 1.82) is 0 Å². The van der Waals surface area contributed by atoms with E-state index in [2.05, 4.69) is 15.6 Å². The minimum absolute atomic E-state index is 0.226. The van der Waals surface area contributed by atoms with Crippen molar-refractivity contribution in [3.8, 4) is 5.75 Å². The van der Waals surface area contributed by atoms with Crippen LogP contribution in [-0.2, 0) is 6.54 Å². The lowest BCUT2D eigenvalue weighted by atomic mass is 10.2. The molecule has 0 bridgehead atoms. The fraction of sp³-hybridized carbons (Fsp3) is 0.100. The van der Waals surface area contributed by atoms with E-state index in [4.69, 9.17) is 4.74 Å².